The molecule has 1 heterocycles. The van der Waals surface area contributed by atoms with Crippen LogP contribution in [0, 0.1) is 17.0 Å². The van der Waals surface area contributed by atoms with Gasteiger partial charge in [0.2, 0.25) is 11.8 Å². The Bertz CT molecular complexity index is 492. The molecule has 0 spiro atoms. The van der Waals surface area contributed by atoms with E-state index in [1.54, 1.807) is 6.92 Å². The van der Waals surface area contributed by atoms with Crippen LogP contribution in [0.3, 0.4) is 0 Å². The smallest absolute Gasteiger partial charge is 0.332 e. The topological polar surface area (TPSA) is 84.2 Å². The van der Waals surface area contributed by atoms with Gasteiger partial charge in [0.25, 0.3) is 0 Å². The summed E-state index contributed by atoms with van der Waals surface area (Å²) < 4.78 is 0. The molecular weight excluding hydrogens is 270 g/mol. The van der Waals surface area contributed by atoms with Crippen molar-refractivity contribution in [2.24, 2.45) is 0 Å². The summed E-state index contributed by atoms with van der Waals surface area (Å²) in [5, 5.41) is 14.5. The molecule has 7 nitrogen and oxygen atoms in total. The zero-order chi connectivity index (χ0) is 16.0. The average molecular weight is 295 g/mol. The maximum atomic E-state index is 11.4. The van der Waals surface area contributed by atoms with E-state index in [9.17, 15) is 10.1 Å². The van der Waals surface area contributed by atoms with E-state index < -0.39 is 0 Å². The van der Waals surface area contributed by atoms with Gasteiger partial charge >= 0.3 is 5.69 Å². The van der Waals surface area contributed by atoms with Crippen LogP contribution in [0.15, 0.2) is 0 Å². The summed E-state index contributed by atoms with van der Waals surface area (Å²) in [4.78, 5) is 21.5. The highest BCUT2D eigenvalue weighted by atomic mass is 16.6. The number of rotatable bonds is 8. The first kappa shape index (κ1) is 17.1. The number of nitrogens with zero attached hydrogens (tertiary/aromatic N) is 4. The van der Waals surface area contributed by atoms with E-state index in [0.717, 1.165) is 19.4 Å². The fourth-order valence-corrected chi connectivity index (χ4v) is 2.17. The molecule has 1 aromatic rings. The van der Waals surface area contributed by atoms with Crippen LogP contribution in [-0.4, -0.2) is 34.0 Å². The van der Waals surface area contributed by atoms with E-state index >= 15 is 0 Å². The second kappa shape index (κ2) is 7.75. The first-order valence-corrected chi connectivity index (χ1v) is 7.49. The summed E-state index contributed by atoms with van der Waals surface area (Å²) in [6.07, 6.45) is 1.84. The molecule has 1 unspecified atom stereocenters. The lowest BCUT2D eigenvalue weighted by atomic mass is 10.2. The summed E-state index contributed by atoms with van der Waals surface area (Å²) in [6, 6.07) is 0.182. The third kappa shape index (κ3) is 4.03. The van der Waals surface area contributed by atoms with Crippen LogP contribution in [0.4, 0.5) is 17.5 Å². The zero-order valence-electron chi connectivity index (χ0n) is 13.5. The highest BCUT2D eigenvalue weighted by molar-refractivity contribution is 5.62. The predicted molar refractivity (Wildman–Crippen MR) is 85.0 cm³/mol. The van der Waals surface area contributed by atoms with Gasteiger partial charge in [0, 0.05) is 19.1 Å². The van der Waals surface area contributed by atoms with Gasteiger partial charge in [-0.1, -0.05) is 13.8 Å². The molecule has 1 N–H and O–H groups in total. The van der Waals surface area contributed by atoms with Gasteiger partial charge in [-0.25, -0.2) is 4.98 Å². The van der Waals surface area contributed by atoms with Crippen LogP contribution in [0.5, 0.6) is 0 Å². The van der Waals surface area contributed by atoms with Crippen LogP contribution < -0.4 is 10.2 Å². The number of nitro groups is 1. The van der Waals surface area contributed by atoms with E-state index in [4.69, 9.17) is 0 Å². The van der Waals surface area contributed by atoms with Crippen molar-refractivity contribution in [3.05, 3.63) is 15.8 Å². The minimum absolute atomic E-state index is 0.000742. The van der Waals surface area contributed by atoms with E-state index in [1.165, 1.54) is 0 Å². The van der Waals surface area contributed by atoms with Crippen molar-refractivity contribution in [3.8, 4) is 0 Å². The predicted octanol–water partition coefficient (Wildman–Crippen LogP) is 3.14. The second-order valence-corrected chi connectivity index (χ2v) is 5.03. The second-order valence-electron chi connectivity index (χ2n) is 5.03. The molecule has 0 amide bonds. The Morgan fingerprint density at radius 2 is 2.00 bits per heavy atom. The van der Waals surface area contributed by atoms with Gasteiger partial charge in [-0.3, -0.25) is 10.1 Å². The number of hydrogen-bond acceptors (Lipinski definition) is 6. The summed E-state index contributed by atoms with van der Waals surface area (Å²) >= 11 is 0. The van der Waals surface area contributed by atoms with Crippen LogP contribution in [-0.2, 0) is 0 Å². The number of anilines is 2. The largest absolute Gasteiger partial charge is 0.354 e. The van der Waals surface area contributed by atoms with Gasteiger partial charge in [-0.05, 0) is 33.6 Å². The maximum absolute atomic E-state index is 11.4. The highest BCUT2D eigenvalue weighted by Crippen LogP contribution is 2.31. The monoisotopic (exact) mass is 295 g/mol. The molecule has 0 aliphatic heterocycles. The standard InChI is InChI=1S/C14H25N5O2/c1-6-9-15-14-16-11(5)12(19(20)21)13(17-14)18(8-3)10(4)7-2/h10H,6-9H2,1-5H3,(H,15,16,17). The van der Waals surface area contributed by atoms with Crippen LogP contribution in [0.25, 0.3) is 0 Å². The fraction of sp³-hybridized carbons (Fsp3) is 0.714. The number of aryl methyl sites for hydroxylation is 1. The minimum Gasteiger partial charge on any atom is -0.354 e. The Morgan fingerprint density at radius 3 is 2.48 bits per heavy atom. The van der Waals surface area contributed by atoms with Crippen LogP contribution in [0.2, 0.25) is 0 Å². The Kier molecular flexibility index (Phi) is 6.33. The summed E-state index contributed by atoms with van der Waals surface area (Å²) in [7, 11) is 0. The van der Waals surface area contributed by atoms with Gasteiger partial charge in [0.05, 0.1) is 4.92 Å². The van der Waals surface area contributed by atoms with Gasteiger partial charge in [-0.2, -0.15) is 4.98 Å². The number of aromatic nitrogens is 2. The van der Waals surface area contributed by atoms with Crippen molar-refractivity contribution in [2.45, 2.75) is 53.5 Å². The normalized spacial score (nSPS) is 12.0. The molecule has 1 rings (SSSR count). The molecule has 0 aliphatic carbocycles. The van der Waals surface area contributed by atoms with Crippen molar-refractivity contribution in [1.29, 1.82) is 0 Å². The van der Waals surface area contributed by atoms with Crippen LogP contribution in [0.1, 0.15) is 46.2 Å². The molecule has 0 bridgehead atoms. The van der Waals surface area contributed by atoms with Crippen molar-refractivity contribution >= 4 is 17.5 Å². The van der Waals surface area contributed by atoms with E-state index in [2.05, 4.69) is 22.2 Å². The molecule has 0 saturated heterocycles. The Balaban J connectivity index is 3.35. The molecule has 1 aromatic heterocycles. The molecule has 1 atom stereocenters. The van der Waals surface area contributed by atoms with Gasteiger partial charge < -0.3 is 10.2 Å². The Labute approximate surface area is 125 Å². The number of hydrogen-bond donors (Lipinski definition) is 1. The van der Waals surface area contributed by atoms with Crippen molar-refractivity contribution in [3.63, 3.8) is 0 Å². The fourth-order valence-electron chi connectivity index (χ4n) is 2.17. The number of nitrogens with one attached hydrogen (secondary N) is 1. The highest BCUT2D eigenvalue weighted by Gasteiger charge is 2.27. The molecule has 21 heavy (non-hydrogen) atoms. The Morgan fingerprint density at radius 1 is 1.33 bits per heavy atom. The Hall–Kier alpha value is -1.92. The lowest BCUT2D eigenvalue weighted by molar-refractivity contribution is -0.385. The van der Waals surface area contributed by atoms with Crippen molar-refractivity contribution in [1.82, 2.24) is 9.97 Å². The molecule has 0 aromatic carbocycles. The molecule has 118 valence electrons. The third-order valence-electron chi connectivity index (χ3n) is 3.49. The van der Waals surface area contributed by atoms with Crippen molar-refractivity contribution < 1.29 is 4.92 Å². The summed E-state index contributed by atoms with van der Waals surface area (Å²) in [6.45, 7) is 11.2. The lowest BCUT2D eigenvalue weighted by Crippen LogP contribution is -2.34. The lowest BCUT2D eigenvalue weighted by Gasteiger charge is -2.28. The van der Waals surface area contributed by atoms with Gasteiger partial charge in [-0.15, -0.1) is 0 Å². The van der Waals surface area contributed by atoms with Crippen LogP contribution >= 0.6 is 0 Å². The molecular formula is C14H25N5O2. The minimum atomic E-state index is -0.390. The first-order valence-electron chi connectivity index (χ1n) is 7.49. The first-order chi connectivity index (χ1) is 9.96. The SMILES string of the molecule is CCCNc1nc(C)c([N+](=O)[O-])c(N(CC)C(C)CC)n1. The molecule has 0 aliphatic rings. The molecule has 0 radical (unpaired) electrons. The van der Waals surface area contributed by atoms with E-state index in [0.29, 0.717) is 24.0 Å². The van der Waals surface area contributed by atoms with E-state index in [1.807, 2.05) is 25.7 Å². The average Bonchev–Trinajstić information content (AvgIpc) is 2.44. The van der Waals surface area contributed by atoms with Gasteiger partial charge in [0.15, 0.2) is 0 Å². The molecule has 0 saturated carbocycles. The quantitative estimate of drug-likeness (QED) is 0.586. The molecule has 7 heteroatoms. The third-order valence-corrected chi connectivity index (χ3v) is 3.49. The van der Waals surface area contributed by atoms with Gasteiger partial charge in [0.1, 0.15) is 5.69 Å². The molecule has 0 fully saturated rings. The van der Waals surface area contributed by atoms with Crippen molar-refractivity contribution in [2.75, 3.05) is 23.3 Å². The summed E-state index contributed by atoms with van der Waals surface area (Å²) in [5.74, 6) is 0.861. The zero-order valence-corrected chi connectivity index (χ0v) is 13.5. The summed E-state index contributed by atoms with van der Waals surface area (Å²) in [5.41, 5.74) is 0.393. The van der Waals surface area contributed by atoms with E-state index in [-0.39, 0.29) is 16.7 Å². The maximum Gasteiger partial charge on any atom is 0.332 e.